The van der Waals surface area contributed by atoms with E-state index >= 15 is 0 Å². The van der Waals surface area contributed by atoms with Gasteiger partial charge in [0.25, 0.3) is 5.91 Å². The van der Waals surface area contributed by atoms with Crippen molar-refractivity contribution in [1.82, 2.24) is 20.0 Å². The van der Waals surface area contributed by atoms with Crippen molar-refractivity contribution >= 4 is 11.8 Å². The first-order valence-corrected chi connectivity index (χ1v) is 9.40. The summed E-state index contributed by atoms with van der Waals surface area (Å²) in [5.41, 5.74) is 0.547. The monoisotopic (exact) mass is 368 g/mol. The molecule has 1 aliphatic carbocycles. The number of nitrogens with one attached hydrogen (secondary N) is 1. The van der Waals surface area contributed by atoms with E-state index in [1.165, 1.54) is 0 Å². The summed E-state index contributed by atoms with van der Waals surface area (Å²) in [7, 11) is 0. The average molecular weight is 368 g/mol. The minimum Gasteiger partial charge on any atom is -0.391 e. The molecule has 142 valence electrons. The molecule has 2 amide bonds. The molecule has 4 rings (SSSR count). The largest absolute Gasteiger partial charge is 0.391 e. The first-order valence-electron chi connectivity index (χ1n) is 9.40. The third-order valence-electron chi connectivity index (χ3n) is 5.76. The summed E-state index contributed by atoms with van der Waals surface area (Å²) >= 11 is 0. The number of benzene rings is 1. The minimum absolute atomic E-state index is 0.00168. The van der Waals surface area contributed by atoms with Crippen molar-refractivity contribution in [3.05, 3.63) is 54.4 Å². The first kappa shape index (κ1) is 17.7. The summed E-state index contributed by atoms with van der Waals surface area (Å²) < 4.78 is 1.82. The topological polar surface area (TPSA) is 87.5 Å². The number of hydrogen-bond donors (Lipinski definition) is 2. The van der Waals surface area contributed by atoms with Crippen LogP contribution in [0.4, 0.5) is 0 Å². The fraction of sp³-hybridized carbons (Fsp3) is 0.450. The van der Waals surface area contributed by atoms with Crippen LogP contribution in [0.2, 0.25) is 0 Å². The lowest BCUT2D eigenvalue weighted by Gasteiger charge is -2.35. The number of hydrogen-bond acceptors (Lipinski definition) is 4. The normalized spacial score (nSPS) is 27.2. The summed E-state index contributed by atoms with van der Waals surface area (Å²) in [5.74, 6) is 0.352. The van der Waals surface area contributed by atoms with E-state index in [1.54, 1.807) is 30.5 Å². The van der Waals surface area contributed by atoms with Crippen LogP contribution in [0.15, 0.2) is 48.8 Å². The number of aliphatic hydroxyl groups is 1. The van der Waals surface area contributed by atoms with E-state index in [9.17, 15) is 14.7 Å². The van der Waals surface area contributed by atoms with E-state index in [0.717, 1.165) is 6.42 Å². The average Bonchev–Trinajstić information content (AvgIpc) is 3.35. The Kier molecular flexibility index (Phi) is 4.94. The van der Waals surface area contributed by atoms with Gasteiger partial charge in [0.05, 0.1) is 18.7 Å². The zero-order valence-electron chi connectivity index (χ0n) is 15.1. The zero-order valence-corrected chi connectivity index (χ0v) is 15.1. The van der Waals surface area contributed by atoms with Crippen molar-refractivity contribution in [3.8, 4) is 0 Å². The number of fused-ring (bicyclic) bond motifs is 1. The second-order valence-electron chi connectivity index (χ2n) is 7.46. The summed E-state index contributed by atoms with van der Waals surface area (Å²) in [6.45, 7) is 1.32. The molecular formula is C20H24N4O3. The predicted molar refractivity (Wildman–Crippen MR) is 98.8 cm³/mol. The maximum Gasteiger partial charge on any atom is 0.251 e. The predicted octanol–water partition coefficient (Wildman–Crippen LogP) is 1.08. The molecule has 1 aromatic heterocycles. The Labute approximate surface area is 158 Å². The quantitative estimate of drug-likeness (QED) is 0.846. The Morgan fingerprint density at radius 3 is 2.56 bits per heavy atom. The maximum atomic E-state index is 12.5. The van der Waals surface area contributed by atoms with Crippen LogP contribution in [-0.2, 0) is 4.79 Å². The van der Waals surface area contributed by atoms with Crippen LogP contribution in [0.25, 0.3) is 0 Å². The summed E-state index contributed by atoms with van der Waals surface area (Å²) in [5, 5.41) is 17.5. The summed E-state index contributed by atoms with van der Waals surface area (Å²) in [6.07, 6.45) is 4.64. The Morgan fingerprint density at radius 2 is 1.85 bits per heavy atom. The van der Waals surface area contributed by atoms with Gasteiger partial charge in [0.1, 0.15) is 0 Å². The van der Waals surface area contributed by atoms with Crippen molar-refractivity contribution in [2.24, 2.45) is 11.8 Å². The highest BCUT2D eigenvalue weighted by Gasteiger charge is 2.43. The van der Waals surface area contributed by atoms with Gasteiger partial charge in [0.2, 0.25) is 5.91 Å². The second kappa shape index (κ2) is 7.52. The van der Waals surface area contributed by atoms with E-state index in [0.29, 0.717) is 36.9 Å². The van der Waals surface area contributed by atoms with Crippen LogP contribution in [0.1, 0.15) is 29.2 Å². The molecule has 2 heterocycles. The molecule has 0 spiro atoms. The molecular weight excluding hydrogens is 344 g/mol. The van der Waals surface area contributed by atoms with Gasteiger partial charge in [0.15, 0.2) is 0 Å². The molecule has 7 heteroatoms. The van der Waals surface area contributed by atoms with E-state index in [-0.39, 0.29) is 24.4 Å². The Bertz CT molecular complexity index is 793. The summed E-state index contributed by atoms with van der Waals surface area (Å²) in [6, 6.07) is 10.7. The van der Waals surface area contributed by atoms with Crippen LogP contribution in [0.5, 0.6) is 0 Å². The van der Waals surface area contributed by atoms with Gasteiger partial charge in [0, 0.05) is 31.0 Å². The van der Waals surface area contributed by atoms with Crippen LogP contribution in [-0.4, -0.2) is 57.3 Å². The molecule has 0 radical (unpaired) electrons. The van der Waals surface area contributed by atoms with Gasteiger partial charge in [-0.3, -0.25) is 14.3 Å². The van der Waals surface area contributed by atoms with Crippen LogP contribution in [0, 0.1) is 11.8 Å². The van der Waals surface area contributed by atoms with E-state index in [4.69, 9.17) is 0 Å². The number of likely N-dealkylation sites (tertiary alicyclic amines) is 1. The molecule has 2 aromatic rings. The molecule has 2 fully saturated rings. The number of nitrogens with zero attached hydrogens (tertiary/aromatic N) is 3. The molecule has 0 bridgehead atoms. The van der Waals surface area contributed by atoms with Gasteiger partial charge in [-0.2, -0.15) is 5.10 Å². The SMILES string of the molecule is O=C(NCC(=O)N1C[C@H]2C[C@@H](n3cccn3)[C@H](O)C[C@H]2C1)c1ccccc1. The molecule has 2 aliphatic rings. The van der Waals surface area contributed by atoms with Crippen molar-refractivity contribution in [3.63, 3.8) is 0 Å². The highest BCUT2D eigenvalue weighted by Crippen LogP contribution is 2.41. The fourth-order valence-corrected chi connectivity index (χ4v) is 4.33. The van der Waals surface area contributed by atoms with Crippen molar-refractivity contribution < 1.29 is 14.7 Å². The lowest BCUT2D eigenvalue weighted by atomic mass is 9.77. The number of aliphatic hydroxyl groups excluding tert-OH is 1. The van der Waals surface area contributed by atoms with E-state index in [1.807, 2.05) is 27.9 Å². The molecule has 2 N–H and O–H groups in total. The van der Waals surface area contributed by atoms with Gasteiger partial charge in [-0.1, -0.05) is 18.2 Å². The number of carbonyl (C=O) groups is 2. The van der Waals surface area contributed by atoms with Gasteiger partial charge in [-0.05, 0) is 42.9 Å². The van der Waals surface area contributed by atoms with Gasteiger partial charge >= 0.3 is 0 Å². The zero-order chi connectivity index (χ0) is 18.8. The van der Waals surface area contributed by atoms with Crippen molar-refractivity contribution in [2.75, 3.05) is 19.6 Å². The van der Waals surface area contributed by atoms with Crippen LogP contribution in [0.3, 0.4) is 0 Å². The molecule has 27 heavy (non-hydrogen) atoms. The lowest BCUT2D eigenvalue weighted by Crippen LogP contribution is -2.39. The number of rotatable bonds is 4. The Morgan fingerprint density at radius 1 is 1.11 bits per heavy atom. The van der Waals surface area contributed by atoms with Gasteiger partial charge < -0.3 is 15.3 Å². The van der Waals surface area contributed by atoms with Crippen LogP contribution < -0.4 is 5.32 Å². The third-order valence-corrected chi connectivity index (χ3v) is 5.76. The molecule has 1 aromatic carbocycles. The molecule has 1 saturated carbocycles. The molecule has 1 saturated heterocycles. The van der Waals surface area contributed by atoms with Gasteiger partial charge in [-0.25, -0.2) is 0 Å². The van der Waals surface area contributed by atoms with Gasteiger partial charge in [-0.15, -0.1) is 0 Å². The highest BCUT2D eigenvalue weighted by molar-refractivity contribution is 5.96. The first-order chi connectivity index (χ1) is 13.1. The Balaban J connectivity index is 1.32. The molecule has 0 unspecified atom stereocenters. The van der Waals surface area contributed by atoms with Crippen LogP contribution >= 0.6 is 0 Å². The standard InChI is InChI=1S/C20H24N4O3/c25-18-10-16-13-23(12-15(16)9-17(18)24-8-4-7-22-24)19(26)11-21-20(27)14-5-2-1-3-6-14/h1-8,15-18,25H,9-13H2,(H,21,27)/t15-,16+,17-,18-/m1/s1. The number of carbonyl (C=O) groups excluding carboxylic acids is 2. The summed E-state index contributed by atoms with van der Waals surface area (Å²) in [4.78, 5) is 26.5. The Hall–Kier alpha value is -2.67. The number of amides is 2. The highest BCUT2D eigenvalue weighted by atomic mass is 16.3. The van der Waals surface area contributed by atoms with E-state index < -0.39 is 6.10 Å². The number of aromatic nitrogens is 2. The molecule has 1 aliphatic heterocycles. The fourth-order valence-electron chi connectivity index (χ4n) is 4.33. The van der Waals surface area contributed by atoms with E-state index in [2.05, 4.69) is 10.4 Å². The molecule has 7 nitrogen and oxygen atoms in total. The van der Waals surface area contributed by atoms with Crippen molar-refractivity contribution in [2.45, 2.75) is 25.0 Å². The second-order valence-corrected chi connectivity index (χ2v) is 7.46. The molecule has 4 atom stereocenters. The van der Waals surface area contributed by atoms with Crippen molar-refractivity contribution in [1.29, 1.82) is 0 Å². The minimum atomic E-state index is -0.445. The lowest BCUT2D eigenvalue weighted by molar-refractivity contribution is -0.129. The maximum absolute atomic E-state index is 12.5. The smallest absolute Gasteiger partial charge is 0.251 e. The third kappa shape index (κ3) is 3.73.